The van der Waals surface area contributed by atoms with Crippen molar-refractivity contribution in [2.45, 2.75) is 5.92 Å². The molecular formula is C8H10N2O2. The Bertz CT molecular complexity index is 261. The van der Waals surface area contributed by atoms with Crippen LogP contribution >= 0.6 is 0 Å². The van der Waals surface area contributed by atoms with E-state index in [4.69, 9.17) is 10.8 Å². The third kappa shape index (κ3) is 1.79. The molecule has 0 aliphatic carbocycles. The van der Waals surface area contributed by atoms with Gasteiger partial charge in [-0.25, -0.2) is 0 Å². The molecule has 0 bridgehead atoms. The fourth-order valence-electron chi connectivity index (χ4n) is 0.930. The molecule has 64 valence electrons. The number of pyridine rings is 1. The first-order chi connectivity index (χ1) is 5.75. The lowest BCUT2D eigenvalue weighted by Crippen LogP contribution is -2.21. The highest BCUT2D eigenvalue weighted by atomic mass is 16.4. The molecule has 0 aliphatic rings. The minimum atomic E-state index is -0.934. The highest BCUT2D eigenvalue weighted by Crippen LogP contribution is 2.10. The SMILES string of the molecule is NCC(C(=O)O)c1ccccn1. The van der Waals surface area contributed by atoms with Crippen LogP contribution in [0.25, 0.3) is 0 Å². The topological polar surface area (TPSA) is 76.2 Å². The third-order valence-corrected chi connectivity index (χ3v) is 1.58. The number of aliphatic carboxylic acids is 1. The van der Waals surface area contributed by atoms with Crippen LogP contribution in [-0.2, 0) is 4.79 Å². The van der Waals surface area contributed by atoms with Crippen molar-refractivity contribution in [2.24, 2.45) is 5.73 Å². The van der Waals surface area contributed by atoms with Crippen LogP contribution in [0.5, 0.6) is 0 Å². The number of aromatic nitrogens is 1. The van der Waals surface area contributed by atoms with Crippen LogP contribution < -0.4 is 5.73 Å². The van der Waals surface area contributed by atoms with Crippen LogP contribution in [0.1, 0.15) is 11.6 Å². The summed E-state index contributed by atoms with van der Waals surface area (Å²) in [6, 6.07) is 5.14. The van der Waals surface area contributed by atoms with Crippen LogP contribution in [0.15, 0.2) is 24.4 Å². The molecule has 1 aromatic rings. The van der Waals surface area contributed by atoms with Crippen LogP contribution in [0.3, 0.4) is 0 Å². The number of carboxylic acids is 1. The first kappa shape index (κ1) is 8.67. The van der Waals surface area contributed by atoms with Crippen molar-refractivity contribution in [1.29, 1.82) is 0 Å². The van der Waals surface area contributed by atoms with E-state index in [-0.39, 0.29) is 6.54 Å². The largest absolute Gasteiger partial charge is 0.481 e. The lowest BCUT2D eigenvalue weighted by atomic mass is 10.1. The third-order valence-electron chi connectivity index (χ3n) is 1.58. The van der Waals surface area contributed by atoms with Crippen LogP contribution in [-0.4, -0.2) is 22.6 Å². The molecule has 0 spiro atoms. The quantitative estimate of drug-likeness (QED) is 0.672. The lowest BCUT2D eigenvalue weighted by Gasteiger charge is -2.07. The first-order valence-electron chi connectivity index (χ1n) is 3.59. The summed E-state index contributed by atoms with van der Waals surface area (Å²) in [7, 11) is 0. The van der Waals surface area contributed by atoms with E-state index in [1.165, 1.54) is 0 Å². The highest BCUT2D eigenvalue weighted by Gasteiger charge is 2.18. The van der Waals surface area contributed by atoms with Crippen LogP contribution in [0, 0.1) is 0 Å². The Kier molecular flexibility index (Phi) is 2.76. The summed E-state index contributed by atoms with van der Waals surface area (Å²) >= 11 is 0. The highest BCUT2D eigenvalue weighted by molar-refractivity contribution is 5.75. The molecule has 0 radical (unpaired) electrons. The van der Waals surface area contributed by atoms with Gasteiger partial charge in [-0.05, 0) is 12.1 Å². The Balaban J connectivity index is 2.88. The van der Waals surface area contributed by atoms with Gasteiger partial charge in [0, 0.05) is 12.7 Å². The molecule has 1 atom stereocenters. The maximum atomic E-state index is 10.6. The van der Waals surface area contributed by atoms with Crippen LogP contribution in [0.4, 0.5) is 0 Å². The Morgan fingerprint density at radius 2 is 2.42 bits per heavy atom. The number of nitrogens with two attached hydrogens (primary N) is 1. The van der Waals surface area contributed by atoms with Gasteiger partial charge in [0.15, 0.2) is 0 Å². The number of nitrogens with zero attached hydrogens (tertiary/aromatic N) is 1. The molecular weight excluding hydrogens is 156 g/mol. The molecule has 1 rings (SSSR count). The number of hydrogen-bond donors (Lipinski definition) is 2. The van der Waals surface area contributed by atoms with E-state index in [0.29, 0.717) is 5.69 Å². The van der Waals surface area contributed by atoms with Gasteiger partial charge in [0.05, 0.1) is 5.69 Å². The standard InChI is InChI=1S/C8H10N2O2/c9-5-6(8(11)12)7-3-1-2-4-10-7/h1-4,6H,5,9H2,(H,11,12). The van der Waals surface area contributed by atoms with Gasteiger partial charge >= 0.3 is 5.97 Å². The second-order valence-electron chi connectivity index (χ2n) is 2.38. The summed E-state index contributed by atoms with van der Waals surface area (Å²) in [6.45, 7) is 0.0757. The van der Waals surface area contributed by atoms with Gasteiger partial charge in [0.25, 0.3) is 0 Å². The maximum Gasteiger partial charge on any atom is 0.313 e. The molecule has 4 nitrogen and oxygen atoms in total. The summed E-state index contributed by atoms with van der Waals surface area (Å²) in [4.78, 5) is 14.5. The Hall–Kier alpha value is -1.42. The minimum absolute atomic E-state index is 0.0757. The number of hydrogen-bond acceptors (Lipinski definition) is 3. The van der Waals surface area contributed by atoms with E-state index in [9.17, 15) is 4.79 Å². The zero-order valence-electron chi connectivity index (χ0n) is 6.47. The van der Waals surface area contributed by atoms with Crippen LogP contribution in [0.2, 0.25) is 0 Å². The summed E-state index contributed by atoms with van der Waals surface area (Å²) in [5.74, 6) is -1.62. The Morgan fingerprint density at radius 3 is 2.83 bits per heavy atom. The summed E-state index contributed by atoms with van der Waals surface area (Å²) < 4.78 is 0. The molecule has 1 unspecified atom stereocenters. The lowest BCUT2D eigenvalue weighted by molar-refractivity contribution is -0.138. The second-order valence-corrected chi connectivity index (χ2v) is 2.38. The van der Waals surface area contributed by atoms with Crippen molar-refractivity contribution in [1.82, 2.24) is 4.98 Å². The Morgan fingerprint density at radius 1 is 1.67 bits per heavy atom. The molecule has 0 aromatic carbocycles. The summed E-state index contributed by atoms with van der Waals surface area (Å²) in [6.07, 6.45) is 1.56. The number of carboxylic acid groups (broad SMARTS) is 1. The average Bonchev–Trinajstić information content (AvgIpc) is 2.07. The van der Waals surface area contributed by atoms with Crippen molar-refractivity contribution in [3.05, 3.63) is 30.1 Å². The predicted molar refractivity (Wildman–Crippen MR) is 43.7 cm³/mol. The van der Waals surface area contributed by atoms with Gasteiger partial charge in [0.1, 0.15) is 5.92 Å². The molecule has 3 N–H and O–H groups in total. The molecule has 0 saturated heterocycles. The van der Waals surface area contributed by atoms with E-state index >= 15 is 0 Å². The van der Waals surface area contributed by atoms with Crippen molar-refractivity contribution in [3.63, 3.8) is 0 Å². The normalized spacial score (nSPS) is 12.4. The second kappa shape index (κ2) is 3.82. The smallest absolute Gasteiger partial charge is 0.313 e. The molecule has 0 saturated carbocycles. The monoisotopic (exact) mass is 166 g/mol. The van der Waals surface area contributed by atoms with E-state index in [2.05, 4.69) is 4.98 Å². The molecule has 12 heavy (non-hydrogen) atoms. The zero-order valence-corrected chi connectivity index (χ0v) is 6.47. The van der Waals surface area contributed by atoms with Gasteiger partial charge in [0.2, 0.25) is 0 Å². The van der Waals surface area contributed by atoms with E-state index in [0.717, 1.165) is 0 Å². The zero-order chi connectivity index (χ0) is 8.97. The van der Waals surface area contributed by atoms with Gasteiger partial charge in [-0.15, -0.1) is 0 Å². The Labute approximate surface area is 70.0 Å². The first-order valence-corrected chi connectivity index (χ1v) is 3.59. The number of carbonyl (C=O) groups is 1. The van der Waals surface area contributed by atoms with Gasteiger partial charge in [-0.2, -0.15) is 0 Å². The van der Waals surface area contributed by atoms with Crippen molar-refractivity contribution in [2.75, 3.05) is 6.54 Å². The summed E-state index contributed by atoms with van der Waals surface area (Å²) in [5.41, 5.74) is 5.79. The van der Waals surface area contributed by atoms with Gasteiger partial charge < -0.3 is 10.8 Å². The van der Waals surface area contributed by atoms with Gasteiger partial charge in [-0.1, -0.05) is 6.07 Å². The van der Waals surface area contributed by atoms with Crippen molar-refractivity contribution >= 4 is 5.97 Å². The number of rotatable bonds is 3. The minimum Gasteiger partial charge on any atom is -0.481 e. The molecule has 0 aliphatic heterocycles. The van der Waals surface area contributed by atoms with Crippen molar-refractivity contribution in [3.8, 4) is 0 Å². The molecule has 0 amide bonds. The fraction of sp³-hybridized carbons (Fsp3) is 0.250. The molecule has 4 heteroatoms. The summed E-state index contributed by atoms with van der Waals surface area (Å²) in [5, 5.41) is 8.71. The van der Waals surface area contributed by atoms with Crippen molar-refractivity contribution < 1.29 is 9.90 Å². The maximum absolute atomic E-state index is 10.6. The van der Waals surface area contributed by atoms with E-state index < -0.39 is 11.9 Å². The average molecular weight is 166 g/mol. The van der Waals surface area contributed by atoms with E-state index in [1.807, 2.05) is 0 Å². The predicted octanol–water partition coefficient (Wildman–Crippen LogP) is 0.208. The molecule has 1 aromatic heterocycles. The van der Waals surface area contributed by atoms with E-state index in [1.54, 1.807) is 24.4 Å². The molecule has 0 fully saturated rings. The van der Waals surface area contributed by atoms with Gasteiger partial charge in [-0.3, -0.25) is 9.78 Å². The fourth-order valence-corrected chi connectivity index (χ4v) is 0.930. The molecule has 1 heterocycles.